The molecule has 1 fully saturated rings. The van der Waals surface area contributed by atoms with Crippen molar-refractivity contribution in [1.82, 2.24) is 4.72 Å². The summed E-state index contributed by atoms with van der Waals surface area (Å²) in [5.74, 6) is 0.786. The van der Waals surface area contributed by atoms with Gasteiger partial charge in [-0.3, -0.25) is 0 Å². The second-order valence-corrected chi connectivity index (χ2v) is 12.2. The summed E-state index contributed by atoms with van der Waals surface area (Å²) in [5.41, 5.74) is 3.61. The minimum Gasteiger partial charge on any atom is -0.392 e. The fourth-order valence-corrected chi connectivity index (χ4v) is 6.36. The zero-order chi connectivity index (χ0) is 27.1. The molecule has 0 amide bonds. The van der Waals surface area contributed by atoms with Gasteiger partial charge in [0.15, 0.2) is 6.29 Å². The number of aliphatic hydroxyl groups is 1. The first-order valence-corrected chi connectivity index (χ1v) is 15.3. The zero-order valence-corrected chi connectivity index (χ0v) is 23.0. The summed E-state index contributed by atoms with van der Waals surface area (Å²) in [7, 11) is -3.59. The van der Waals surface area contributed by atoms with Gasteiger partial charge >= 0.3 is 0 Å². The smallest absolute Gasteiger partial charge is 0.240 e. The molecular weight excluding hydrogens is 530 g/mol. The molecule has 1 heterocycles. The van der Waals surface area contributed by atoms with E-state index in [1.807, 2.05) is 66.7 Å². The van der Waals surface area contributed by atoms with E-state index in [-0.39, 0.29) is 30.3 Å². The first-order valence-electron chi connectivity index (χ1n) is 12.8. The lowest BCUT2D eigenvalue weighted by atomic mass is 10.0. The van der Waals surface area contributed by atoms with Crippen molar-refractivity contribution in [3.05, 3.63) is 131 Å². The molecule has 202 valence electrons. The molecule has 0 bridgehead atoms. The van der Waals surface area contributed by atoms with Crippen molar-refractivity contribution in [1.29, 1.82) is 0 Å². The van der Waals surface area contributed by atoms with Crippen molar-refractivity contribution in [2.75, 3.05) is 5.75 Å². The van der Waals surface area contributed by atoms with Crippen LogP contribution in [0.1, 0.15) is 41.1 Å². The highest BCUT2D eigenvalue weighted by Gasteiger charge is 2.32. The van der Waals surface area contributed by atoms with Gasteiger partial charge in [-0.2, -0.15) is 0 Å². The summed E-state index contributed by atoms with van der Waals surface area (Å²) in [6.07, 6.45) is -0.0319. The number of benzene rings is 4. The van der Waals surface area contributed by atoms with Gasteiger partial charge in [-0.1, -0.05) is 84.9 Å². The lowest BCUT2D eigenvalue weighted by Crippen LogP contribution is -2.31. The number of nitrogens with one attached hydrogen (secondary N) is 1. The highest BCUT2D eigenvalue weighted by atomic mass is 32.2. The van der Waals surface area contributed by atoms with E-state index in [2.05, 4.69) is 16.9 Å². The predicted molar refractivity (Wildman–Crippen MR) is 152 cm³/mol. The minimum absolute atomic E-state index is 0.00172. The fraction of sp³-hybridized carbons (Fsp3) is 0.226. The van der Waals surface area contributed by atoms with Gasteiger partial charge in [-0.05, 0) is 41.0 Å². The van der Waals surface area contributed by atoms with E-state index in [0.29, 0.717) is 6.42 Å². The van der Waals surface area contributed by atoms with Gasteiger partial charge in [0.1, 0.15) is 0 Å². The average Bonchev–Trinajstić information content (AvgIpc) is 3.00. The van der Waals surface area contributed by atoms with E-state index in [1.165, 1.54) is 4.90 Å². The Kier molecular flexibility index (Phi) is 9.13. The number of hydrogen-bond donors (Lipinski definition) is 2. The molecule has 0 aromatic heterocycles. The van der Waals surface area contributed by atoms with Crippen molar-refractivity contribution in [3.63, 3.8) is 0 Å². The van der Waals surface area contributed by atoms with Crippen molar-refractivity contribution in [2.45, 2.75) is 47.9 Å². The lowest BCUT2D eigenvalue weighted by molar-refractivity contribution is -0.245. The van der Waals surface area contributed by atoms with E-state index in [0.717, 1.165) is 28.0 Å². The summed E-state index contributed by atoms with van der Waals surface area (Å²) < 4.78 is 40.6. The molecule has 8 heteroatoms. The molecular formula is C31H31NO5S2. The molecule has 0 saturated carbocycles. The maximum Gasteiger partial charge on any atom is 0.240 e. The Morgan fingerprint density at radius 1 is 0.769 bits per heavy atom. The first kappa shape index (κ1) is 27.6. The fourth-order valence-electron chi connectivity index (χ4n) is 4.38. The molecule has 4 aromatic rings. The van der Waals surface area contributed by atoms with Gasteiger partial charge in [-0.15, -0.1) is 11.8 Å². The average molecular weight is 562 g/mol. The molecule has 39 heavy (non-hydrogen) atoms. The van der Waals surface area contributed by atoms with E-state index in [9.17, 15) is 13.5 Å². The molecule has 0 radical (unpaired) electrons. The van der Waals surface area contributed by atoms with Gasteiger partial charge in [-0.25, -0.2) is 13.1 Å². The Balaban J connectivity index is 1.28. The van der Waals surface area contributed by atoms with Crippen molar-refractivity contribution < 1.29 is 23.0 Å². The van der Waals surface area contributed by atoms with Crippen LogP contribution in [-0.4, -0.2) is 25.4 Å². The van der Waals surface area contributed by atoms with E-state index >= 15 is 0 Å². The van der Waals surface area contributed by atoms with Crippen molar-refractivity contribution >= 4 is 21.8 Å². The summed E-state index contributed by atoms with van der Waals surface area (Å²) in [4.78, 5) is 1.43. The summed E-state index contributed by atoms with van der Waals surface area (Å²) in [6, 6.07) is 34.1. The Bertz CT molecular complexity index is 1430. The summed E-state index contributed by atoms with van der Waals surface area (Å²) in [6.45, 7) is 0.182. The van der Waals surface area contributed by atoms with Gasteiger partial charge in [0.05, 0.1) is 23.7 Å². The van der Waals surface area contributed by atoms with Crippen LogP contribution in [0.3, 0.4) is 0 Å². The normalized spacial score (nSPS) is 19.6. The van der Waals surface area contributed by atoms with Crippen LogP contribution in [0.2, 0.25) is 0 Å². The molecule has 0 spiro atoms. The summed E-state index contributed by atoms with van der Waals surface area (Å²) >= 11 is 1.76. The van der Waals surface area contributed by atoms with Gasteiger partial charge < -0.3 is 14.6 Å². The number of hydrogen-bond acceptors (Lipinski definition) is 6. The molecule has 1 aliphatic rings. The van der Waals surface area contributed by atoms with Gasteiger partial charge in [0, 0.05) is 29.2 Å². The van der Waals surface area contributed by atoms with Crippen LogP contribution >= 0.6 is 11.8 Å². The van der Waals surface area contributed by atoms with E-state index < -0.39 is 16.3 Å². The highest BCUT2D eigenvalue weighted by Crippen LogP contribution is 2.39. The van der Waals surface area contributed by atoms with E-state index in [4.69, 9.17) is 9.47 Å². The quantitative estimate of drug-likeness (QED) is 0.231. The van der Waals surface area contributed by atoms with Crippen LogP contribution in [0.25, 0.3) is 0 Å². The van der Waals surface area contributed by atoms with Gasteiger partial charge in [0.25, 0.3) is 0 Å². The van der Waals surface area contributed by atoms with Crippen molar-refractivity contribution in [3.8, 4) is 0 Å². The minimum atomic E-state index is -3.59. The number of rotatable bonds is 10. The van der Waals surface area contributed by atoms with Crippen LogP contribution in [-0.2, 0) is 32.6 Å². The molecule has 4 aromatic carbocycles. The Hall–Kier alpha value is -2.98. The Morgan fingerprint density at radius 3 is 2.05 bits per heavy atom. The standard InChI is InChI=1S/C31H31NO5S2/c33-21-24-13-15-25(16-14-24)30-19-27(22-38-28-7-3-1-4-8-28)36-31(37-30)26-17-11-23(12-18-26)20-32-39(34,35)29-9-5-2-6-10-29/h1-18,27,30-33H,19-22H2. The number of ether oxygens (including phenoxy) is 2. The van der Waals surface area contributed by atoms with Crippen LogP contribution in [0, 0.1) is 0 Å². The molecule has 1 saturated heterocycles. The zero-order valence-electron chi connectivity index (χ0n) is 21.3. The van der Waals surface area contributed by atoms with Crippen LogP contribution in [0.5, 0.6) is 0 Å². The second-order valence-electron chi connectivity index (χ2n) is 9.35. The molecule has 6 nitrogen and oxygen atoms in total. The highest BCUT2D eigenvalue weighted by molar-refractivity contribution is 7.99. The maximum atomic E-state index is 12.6. The monoisotopic (exact) mass is 561 g/mol. The van der Waals surface area contributed by atoms with E-state index in [1.54, 1.807) is 42.1 Å². The van der Waals surface area contributed by atoms with Crippen LogP contribution in [0.15, 0.2) is 119 Å². The Labute approximate surface area is 234 Å². The van der Waals surface area contributed by atoms with Crippen LogP contribution in [0.4, 0.5) is 0 Å². The third kappa shape index (κ3) is 7.36. The second kappa shape index (κ2) is 12.9. The van der Waals surface area contributed by atoms with Gasteiger partial charge in [0.2, 0.25) is 10.0 Å². The SMILES string of the molecule is O=S(=O)(NCc1ccc(C2OC(CSc3ccccc3)CC(c3ccc(CO)cc3)O2)cc1)c1ccccc1. The third-order valence-corrected chi connectivity index (χ3v) is 9.13. The topological polar surface area (TPSA) is 84.9 Å². The predicted octanol–water partition coefficient (Wildman–Crippen LogP) is 6.00. The summed E-state index contributed by atoms with van der Waals surface area (Å²) in [5, 5.41) is 9.42. The number of thioether (sulfide) groups is 1. The molecule has 3 unspecified atom stereocenters. The van der Waals surface area contributed by atoms with Crippen LogP contribution < -0.4 is 4.72 Å². The number of aliphatic hydroxyl groups excluding tert-OH is 1. The molecule has 3 atom stereocenters. The molecule has 1 aliphatic heterocycles. The van der Waals surface area contributed by atoms with Crippen molar-refractivity contribution in [2.24, 2.45) is 0 Å². The first-order chi connectivity index (χ1) is 19.0. The Morgan fingerprint density at radius 2 is 1.38 bits per heavy atom. The molecule has 0 aliphatic carbocycles. The maximum absolute atomic E-state index is 12.6. The molecule has 5 rings (SSSR count). The molecule has 2 N–H and O–H groups in total. The lowest BCUT2D eigenvalue weighted by Gasteiger charge is -2.36. The largest absolute Gasteiger partial charge is 0.392 e. The third-order valence-electron chi connectivity index (χ3n) is 6.57. The number of sulfonamides is 1.